The summed E-state index contributed by atoms with van der Waals surface area (Å²) in [7, 11) is 0. The first kappa shape index (κ1) is 24.9. The minimum atomic E-state index is -0.222. The van der Waals surface area contributed by atoms with Gasteiger partial charge < -0.3 is 15.3 Å². The highest BCUT2D eigenvalue weighted by atomic mass is 16.5. The summed E-state index contributed by atoms with van der Waals surface area (Å²) < 4.78 is 5.92. The Morgan fingerprint density at radius 1 is 1.00 bits per heavy atom. The zero-order valence-electron chi connectivity index (χ0n) is 13.9. The average molecular weight is 293 g/mol. The van der Waals surface area contributed by atoms with Crippen LogP contribution in [0.25, 0.3) is 0 Å². The van der Waals surface area contributed by atoms with Crippen LogP contribution >= 0.6 is 0 Å². The quantitative estimate of drug-likeness (QED) is 0.853. The molecule has 1 rings (SSSR count). The molecule has 3 heteroatoms. The van der Waals surface area contributed by atoms with Gasteiger partial charge in [-0.25, -0.2) is 0 Å². The lowest BCUT2D eigenvalue weighted by atomic mass is 9.77. The van der Waals surface area contributed by atoms with Gasteiger partial charge in [0.2, 0.25) is 0 Å². The Morgan fingerprint density at radius 2 is 1.50 bits per heavy atom. The second kappa shape index (κ2) is 12.6. The molecule has 0 bridgehead atoms. The second-order valence-electron chi connectivity index (χ2n) is 5.87. The molecule has 1 saturated heterocycles. The summed E-state index contributed by atoms with van der Waals surface area (Å²) >= 11 is 0. The van der Waals surface area contributed by atoms with Gasteiger partial charge in [0, 0.05) is 6.61 Å². The molecule has 0 aromatic carbocycles. The van der Waals surface area contributed by atoms with Crippen LogP contribution in [-0.4, -0.2) is 29.4 Å². The SMILES string of the molecule is C.CC.CC1CCC([C@H](C)C(C)C(C)C(C)O)OC1.O. The summed E-state index contributed by atoms with van der Waals surface area (Å²) in [5, 5.41) is 9.64. The molecular formula is C17H40O3. The molecule has 0 aromatic rings. The topological polar surface area (TPSA) is 61.0 Å². The third-order valence-electron chi connectivity index (χ3n) is 4.54. The summed E-state index contributed by atoms with van der Waals surface area (Å²) in [6, 6.07) is 0. The van der Waals surface area contributed by atoms with Crippen molar-refractivity contribution in [1.29, 1.82) is 0 Å². The van der Waals surface area contributed by atoms with Crippen molar-refractivity contribution in [2.75, 3.05) is 6.61 Å². The van der Waals surface area contributed by atoms with Crippen LogP contribution in [-0.2, 0) is 4.74 Å². The Hall–Kier alpha value is -0.120. The van der Waals surface area contributed by atoms with E-state index in [4.69, 9.17) is 4.74 Å². The smallest absolute Gasteiger partial charge is 0.0603 e. The van der Waals surface area contributed by atoms with Gasteiger partial charge in [-0.2, -0.15) is 0 Å². The van der Waals surface area contributed by atoms with Crippen LogP contribution in [0.3, 0.4) is 0 Å². The van der Waals surface area contributed by atoms with Gasteiger partial charge in [-0.1, -0.05) is 49.0 Å². The van der Waals surface area contributed by atoms with E-state index in [2.05, 4.69) is 27.7 Å². The van der Waals surface area contributed by atoms with Crippen molar-refractivity contribution < 1.29 is 15.3 Å². The molecule has 1 aliphatic rings. The van der Waals surface area contributed by atoms with Gasteiger partial charge in [0.25, 0.3) is 0 Å². The Bertz CT molecular complexity index is 198. The number of ether oxygens (including phenoxy) is 1. The van der Waals surface area contributed by atoms with Crippen molar-refractivity contribution in [3.05, 3.63) is 0 Å². The van der Waals surface area contributed by atoms with Gasteiger partial charge in [0.05, 0.1) is 12.2 Å². The molecule has 0 spiro atoms. The molecule has 0 amide bonds. The van der Waals surface area contributed by atoms with Crippen LogP contribution in [0.15, 0.2) is 0 Å². The summed E-state index contributed by atoms with van der Waals surface area (Å²) in [5.74, 6) is 2.11. The largest absolute Gasteiger partial charge is 0.412 e. The molecule has 0 saturated carbocycles. The molecule has 1 aliphatic heterocycles. The van der Waals surface area contributed by atoms with Crippen molar-refractivity contribution in [2.45, 2.75) is 80.9 Å². The first-order chi connectivity index (χ1) is 8.43. The van der Waals surface area contributed by atoms with Crippen LogP contribution in [0, 0.1) is 23.7 Å². The van der Waals surface area contributed by atoms with Crippen molar-refractivity contribution in [1.82, 2.24) is 0 Å². The summed E-state index contributed by atoms with van der Waals surface area (Å²) in [6.45, 7) is 15.7. The van der Waals surface area contributed by atoms with Gasteiger partial charge in [-0.15, -0.1) is 0 Å². The minimum Gasteiger partial charge on any atom is -0.412 e. The zero-order valence-corrected chi connectivity index (χ0v) is 13.9. The van der Waals surface area contributed by atoms with Gasteiger partial charge in [-0.3, -0.25) is 0 Å². The molecule has 0 aliphatic carbocycles. The van der Waals surface area contributed by atoms with Crippen LogP contribution in [0.5, 0.6) is 0 Å². The first-order valence-electron chi connectivity index (χ1n) is 7.73. The van der Waals surface area contributed by atoms with E-state index in [0.29, 0.717) is 29.8 Å². The van der Waals surface area contributed by atoms with Crippen LogP contribution in [0.4, 0.5) is 0 Å². The fourth-order valence-corrected chi connectivity index (χ4v) is 2.57. The molecule has 0 aromatic heterocycles. The normalized spacial score (nSPS) is 27.6. The number of hydrogen-bond acceptors (Lipinski definition) is 2. The number of aliphatic hydroxyl groups is 1. The highest BCUT2D eigenvalue weighted by Gasteiger charge is 2.31. The Balaban J connectivity index is -0.000000689. The van der Waals surface area contributed by atoms with E-state index < -0.39 is 0 Å². The Labute approximate surface area is 127 Å². The van der Waals surface area contributed by atoms with Crippen LogP contribution in [0.1, 0.15) is 68.7 Å². The third-order valence-corrected chi connectivity index (χ3v) is 4.54. The Kier molecular flexibility index (Phi) is 15.7. The third kappa shape index (κ3) is 7.61. The second-order valence-corrected chi connectivity index (χ2v) is 5.87. The number of hydrogen-bond donors (Lipinski definition) is 1. The van der Waals surface area contributed by atoms with E-state index in [9.17, 15) is 5.11 Å². The highest BCUT2D eigenvalue weighted by Crippen LogP contribution is 2.32. The molecule has 126 valence electrons. The standard InChI is InChI=1S/C14H28O2.C2H6.CH4.H2O/c1-9-6-7-14(16-8-9)12(4)10(2)11(3)13(5)15;1-2;;/h9-15H,6-8H2,1-5H3;1-2H3;1H4;1H2/t9?,10?,11?,12-,13?,14?;;;/m1.../s1. The van der Waals surface area contributed by atoms with Gasteiger partial charge >= 0.3 is 0 Å². The van der Waals surface area contributed by atoms with E-state index in [1.807, 2.05) is 20.8 Å². The van der Waals surface area contributed by atoms with Crippen molar-refractivity contribution in [3.8, 4) is 0 Å². The van der Waals surface area contributed by atoms with Gasteiger partial charge in [-0.05, 0) is 43.4 Å². The zero-order chi connectivity index (χ0) is 14.3. The maximum absolute atomic E-state index is 9.64. The first-order valence-corrected chi connectivity index (χ1v) is 7.73. The predicted molar refractivity (Wildman–Crippen MR) is 89.0 cm³/mol. The predicted octanol–water partition coefficient (Wildman–Crippen LogP) is 3.93. The molecular weight excluding hydrogens is 252 g/mol. The summed E-state index contributed by atoms with van der Waals surface area (Å²) in [5.41, 5.74) is 0. The van der Waals surface area contributed by atoms with E-state index >= 15 is 0 Å². The van der Waals surface area contributed by atoms with E-state index in [-0.39, 0.29) is 19.0 Å². The summed E-state index contributed by atoms with van der Waals surface area (Å²) in [6.07, 6.45) is 2.64. The molecule has 1 fully saturated rings. The lowest BCUT2D eigenvalue weighted by Crippen LogP contribution is -2.36. The van der Waals surface area contributed by atoms with Crippen molar-refractivity contribution >= 4 is 0 Å². The molecule has 3 nitrogen and oxygen atoms in total. The molecule has 1 heterocycles. The van der Waals surface area contributed by atoms with E-state index in [0.717, 1.165) is 6.61 Å². The lowest BCUT2D eigenvalue weighted by Gasteiger charge is -2.37. The summed E-state index contributed by atoms with van der Waals surface area (Å²) in [4.78, 5) is 0. The molecule has 3 N–H and O–H groups in total. The Morgan fingerprint density at radius 3 is 1.85 bits per heavy atom. The molecule has 6 atom stereocenters. The number of rotatable bonds is 4. The van der Waals surface area contributed by atoms with Crippen LogP contribution in [0.2, 0.25) is 0 Å². The molecule has 0 radical (unpaired) electrons. The van der Waals surface area contributed by atoms with Crippen molar-refractivity contribution in [3.63, 3.8) is 0 Å². The van der Waals surface area contributed by atoms with E-state index in [1.165, 1.54) is 12.8 Å². The van der Waals surface area contributed by atoms with Crippen LogP contribution < -0.4 is 0 Å². The van der Waals surface area contributed by atoms with E-state index in [1.54, 1.807) is 0 Å². The maximum atomic E-state index is 9.64. The fourth-order valence-electron chi connectivity index (χ4n) is 2.57. The van der Waals surface area contributed by atoms with Gasteiger partial charge in [0.15, 0.2) is 0 Å². The highest BCUT2D eigenvalue weighted by molar-refractivity contribution is 4.80. The molecule has 20 heavy (non-hydrogen) atoms. The van der Waals surface area contributed by atoms with Gasteiger partial charge in [0.1, 0.15) is 0 Å². The number of aliphatic hydroxyl groups excluding tert-OH is 1. The molecule has 5 unspecified atom stereocenters. The average Bonchev–Trinajstić information content (AvgIpc) is 2.39. The monoisotopic (exact) mass is 292 g/mol. The lowest BCUT2D eigenvalue weighted by molar-refractivity contribution is -0.0628. The fraction of sp³-hybridized carbons (Fsp3) is 1.00. The van der Waals surface area contributed by atoms with Crippen molar-refractivity contribution in [2.24, 2.45) is 23.7 Å². The minimum absolute atomic E-state index is 0. The maximum Gasteiger partial charge on any atom is 0.0603 e.